The van der Waals surface area contributed by atoms with Gasteiger partial charge in [-0.15, -0.1) is 0 Å². The van der Waals surface area contributed by atoms with E-state index in [-0.39, 0.29) is 24.5 Å². The Hall–Kier alpha value is -2.20. The summed E-state index contributed by atoms with van der Waals surface area (Å²) in [6.45, 7) is 0.528. The van der Waals surface area contributed by atoms with Gasteiger partial charge in [-0.05, 0) is 36.2 Å². The summed E-state index contributed by atoms with van der Waals surface area (Å²) < 4.78 is 0. The maximum absolute atomic E-state index is 11.8. The first-order valence-electron chi connectivity index (χ1n) is 7.09. The van der Waals surface area contributed by atoms with Crippen LogP contribution < -0.4 is 5.32 Å². The number of nitrogens with zero attached hydrogens (tertiary/aromatic N) is 1. The van der Waals surface area contributed by atoms with E-state index in [1.54, 1.807) is 18.3 Å². The molecule has 0 saturated carbocycles. The number of ketones is 1. The molecule has 1 heterocycles. The van der Waals surface area contributed by atoms with Crippen molar-refractivity contribution in [2.45, 2.75) is 19.3 Å². The van der Waals surface area contributed by atoms with Crippen molar-refractivity contribution < 1.29 is 9.59 Å². The number of benzene rings is 1. The molecular formula is C17H17ClN2O2. The number of hydrogen-bond donors (Lipinski definition) is 1. The topological polar surface area (TPSA) is 59.1 Å². The highest BCUT2D eigenvalue weighted by Gasteiger charge is 2.09. The summed E-state index contributed by atoms with van der Waals surface area (Å²) in [5.41, 5.74) is 1.61. The fourth-order valence-electron chi connectivity index (χ4n) is 2.03. The second kappa shape index (κ2) is 8.29. The van der Waals surface area contributed by atoms with Gasteiger partial charge in [0.1, 0.15) is 0 Å². The Labute approximate surface area is 134 Å². The summed E-state index contributed by atoms with van der Waals surface area (Å²) in [5.74, 6) is -0.197. The summed E-state index contributed by atoms with van der Waals surface area (Å²) >= 11 is 5.90. The standard InChI is InChI=1S/C17H17ClN2O2/c18-15-5-1-3-13(11-15)8-10-20-17(22)7-6-16(21)14-4-2-9-19-12-14/h1-5,9,11-12H,6-8,10H2,(H,20,22). The van der Waals surface area contributed by atoms with Crippen LogP contribution in [-0.4, -0.2) is 23.2 Å². The quantitative estimate of drug-likeness (QED) is 0.799. The Balaban J connectivity index is 1.69. The lowest BCUT2D eigenvalue weighted by Crippen LogP contribution is -2.26. The van der Waals surface area contributed by atoms with E-state index < -0.39 is 0 Å². The van der Waals surface area contributed by atoms with Gasteiger partial charge in [0.15, 0.2) is 5.78 Å². The Kier molecular flexibility index (Phi) is 6.10. The Morgan fingerprint density at radius 3 is 2.73 bits per heavy atom. The minimum Gasteiger partial charge on any atom is -0.356 e. The third-order valence-electron chi connectivity index (χ3n) is 3.19. The van der Waals surface area contributed by atoms with Gasteiger partial charge in [-0.2, -0.15) is 0 Å². The smallest absolute Gasteiger partial charge is 0.220 e. The molecule has 1 amide bonds. The zero-order valence-electron chi connectivity index (χ0n) is 12.1. The van der Waals surface area contributed by atoms with Crippen molar-refractivity contribution >= 4 is 23.3 Å². The van der Waals surface area contributed by atoms with Crippen molar-refractivity contribution in [3.63, 3.8) is 0 Å². The first kappa shape index (κ1) is 16.2. The van der Waals surface area contributed by atoms with Crippen molar-refractivity contribution in [3.8, 4) is 0 Å². The second-order valence-electron chi connectivity index (χ2n) is 4.89. The van der Waals surface area contributed by atoms with Crippen LogP contribution in [0.1, 0.15) is 28.8 Å². The van der Waals surface area contributed by atoms with E-state index in [0.29, 0.717) is 23.6 Å². The normalized spacial score (nSPS) is 10.2. The summed E-state index contributed by atoms with van der Waals surface area (Å²) in [7, 11) is 0. The van der Waals surface area contributed by atoms with Gasteiger partial charge in [-0.3, -0.25) is 14.6 Å². The van der Waals surface area contributed by atoms with E-state index in [2.05, 4.69) is 10.3 Å². The molecule has 1 N–H and O–H groups in total. The number of amides is 1. The minimum atomic E-state index is -0.126. The number of nitrogens with one attached hydrogen (secondary N) is 1. The van der Waals surface area contributed by atoms with Crippen molar-refractivity contribution in [2.75, 3.05) is 6.54 Å². The molecule has 22 heavy (non-hydrogen) atoms. The summed E-state index contributed by atoms with van der Waals surface area (Å²) in [6.07, 6.45) is 4.21. The van der Waals surface area contributed by atoms with E-state index in [0.717, 1.165) is 5.56 Å². The van der Waals surface area contributed by atoms with Gasteiger partial charge in [-0.25, -0.2) is 0 Å². The molecule has 0 aliphatic heterocycles. The van der Waals surface area contributed by atoms with Gasteiger partial charge >= 0.3 is 0 Å². The molecule has 114 valence electrons. The zero-order valence-corrected chi connectivity index (χ0v) is 12.8. The summed E-state index contributed by atoms with van der Waals surface area (Å²) in [6, 6.07) is 10.9. The van der Waals surface area contributed by atoms with Crippen LogP contribution in [0.3, 0.4) is 0 Å². The largest absolute Gasteiger partial charge is 0.356 e. The van der Waals surface area contributed by atoms with Crippen LogP contribution in [0.2, 0.25) is 5.02 Å². The fourth-order valence-corrected chi connectivity index (χ4v) is 2.24. The van der Waals surface area contributed by atoms with E-state index in [1.165, 1.54) is 6.20 Å². The molecule has 0 atom stereocenters. The Morgan fingerprint density at radius 2 is 2.00 bits per heavy atom. The maximum atomic E-state index is 11.8. The van der Waals surface area contributed by atoms with E-state index in [1.807, 2.05) is 24.3 Å². The number of halogens is 1. The predicted molar refractivity (Wildman–Crippen MR) is 86.0 cm³/mol. The van der Waals surface area contributed by atoms with Crippen LogP contribution in [0.25, 0.3) is 0 Å². The number of rotatable bonds is 7. The molecule has 0 radical (unpaired) electrons. The van der Waals surface area contributed by atoms with Crippen LogP contribution in [0.5, 0.6) is 0 Å². The van der Waals surface area contributed by atoms with Crippen LogP contribution in [0, 0.1) is 0 Å². The minimum absolute atomic E-state index is 0.0712. The molecule has 0 aliphatic carbocycles. The number of carbonyl (C=O) groups is 2. The molecule has 2 aromatic rings. The van der Waals surface area contributed by atoms with E-state index >= 15 is 0 Å². The molecule has 0 aliphatic rings. The molecule has 0 fully saturated rings. The SMILES string of the molecule is O=C(CCC(=O)c1cccnc1)NCCc1cccc(Cl)c1. The van der Waals surface area contributed by atoms with Crippen molar-refractivity contribution in [2.24, 2.45) is 0 Å². The van der Waals surface area contributed by atoms with Crippen LogP contribution >= 0.6 is 11.6 Å². The maximum Gasteiger partial charge on any atom is 0.220 e. The molecule has 1 aromatic heterocycles. The molecule has 4 nitrogen and oxygen atoms in total. The molecule has 1 aromatic carbocycles. The molecule has 2 rings (SSSR count). The second-order valence-corrected chi connectivity index (χ2v) is 5.33. The molecule has 5 heteroatoms. The highest BCUT2D eigenvalue weighted by Crippen LogP contribution is 2.10. The highest BCUT2D eigenvalue weighted by molar-refractivity contribution is 6.30. The number of pyridine rings is 1. The zero-order chi connectivity index (χ0) is 15.8. The van der Waals surface area contributed by atoms with Gasteiger partial charge in [0.2, 0.25) is 5.91 Å². The molecule has 0 bridgehead atoms. The monoisotopic (exact) mass is 316 g/mol. The number of hydrogen-bond acceptors (Lipinski definition) is 3. The molecular weight excluding hydrogens is 300 g/mol. The lowest BCUT2D eigenvalue weighted by atomic mass is 10.1. The third kappa shape index (κ3) is 5.30. The molecule has 0 unspecified atom stereocenters. The highest BCUT2D eigenvalue weighted by atomic mass is 35.5. The first-order valence-corrected chi connectivity index (χ1v) is 7.47. The molecule has 0 spiro atoms. The van der Waals surface area contributed by atoms with Gasteiger partial charge in [0.05, 0.1) is 0 Å². The van der Waals surface area contributed by atoms with Crippen LogP contribution in [-0.2, 0) is 11.2 Å². The van der Waals surface area contributed by atoms with Crippen molar-refractivity contribution in [1.29, 1.82) is 0 Å². The first-order chi connectivity index (χ1) is 10.6. The van der Waals surface area contributed by atoms with Gasteiger partial charge < -0.3 is 5.32 Å². The average molecular weight is 317 g/mol. The van der Waals surface area contributed by atoms with E-state index in [9.17, 15) is 9.59 Å². The van der Waals surface area contributed by atoms with Crippen LogP contribution in [0.15, 0.2) is 48.8 Å². The van der Waals surface area contributed by atoms with E-state index in [4.69, 9.17) is 11.6 Å². The van der Waals surface area contributed by atoms with Crippen LogP contribution in [0.4, 0.5) is 0 Å². The lowest BCUT2D eigenvalue weighted by molar-refractivity contribution is -0.121. The van der Waals surface area contributed by atoms with Gasteiger partial charge in [0.25, 0.3) is 0 Å². The van der Waals surface area contributed by atoms with Crippen molar-refractivity contribution in [1.82, 2.24) is 10.3 Å². The Bertz CT molecular complexity index is 644. The van der Waals surface area contributed by atoms with Gasteiger partial charge in [-0.1, -0.05) is 23.7 Å². The predicted octanol–water partition coefficient (Wildman–Crippen LogP) is 3.06. The fraction of sp³-hybridized carbons (Fsp3) is 0.235. The average Bonchev–Trinajstić information content (AvgIpc) is 2.53. The van der Waals surface area contributed by atoms with Crippen molar-refractivity contribution in [3.05, 3.63) is 64.9 Å². The number of carbonyl (C=O) groups excluding carboxylic acids is 2. The number of Topliss-reactive ketones (excluding diaryl/α,β-unsaturated/α-hetero) is 1. The molecule has 0 saturated heterocycles. The summed E-state index contributed by atoms with van der Waals surface area (Å²) in [5, 5.41) is 3.49. The lowest BCUT2D eigenvalue weighted by Gasteiger charge is -2.05. The summed E-state index contributed by atoms with van der Waals surface area (Å²) in [4.78, 5) is 27.5. The Morgan fingerprint density at radius 1 is 1.14 bits per heavy atom. The van der Waals surface area contributed by atoms with Gasteiger partial charge in [0, 0.05) is 42.4 Å². The third-order valence-corrected chi connectivity index (χ3v) is 3.42. The number of aromatic nitrogens is 1.